The van der Waals surface area contributed by atoms with Crippen LogP contribution in [-0.2, 0) is 16.6 Å². The lowest BCUT2D eigenvalue weighted by atomic mass is 10.1. The summed E-state index contributed by atoms with van der Waals surface area (Å²) in [7, 11) is 4.76. The van der Waals surface area contributed by atoms with Gasteiger partial charge in [0.05, 0.1) is 56.1 Å². The summed E-state index contributed by atoms with van der Waals surface area (Å²) < 4.78 is 39.7. The lowest BCUT2D eigenvalue weighted by molar-refractivity contribution is 0.0729. The predicted octanol–water partition coefficient (Wildman–Crippen LogP) is 4.86. The molecule has 0 aromatic heterocycles. The monoisotopic (exact) mass is 482 g/mol. The van der Waals surface area contributed by atoms with Gasteiger partial charge in [0.2, 0.25) is 0 Å². The number of rotatable bonds is 10. The van der Waals surface area contributed by atoms with Gasteiger partial charge >= 0.3 is 5.97 Å². The summed E-state index contributed by atoms with van der Waals surface area (Å²) in [5, 5.41) is 1.56. The highest BCUT2D eigenvalue weighted by atomic mass is 32.2. The maximum absolute atomic E-state index is 12.8. The molecule has 0 aliphatic heterocycles. The molecule has 1 unspecified atom stereocenters. The van der Waals surface area contributed by atoms with E-state index in [0.29, 0.717) is 39.7 Å². The molecule has 3 aromatic rings. The molecule has 0 saturated heterocycles. The highest BCUT2D eigenvalue weighted by molar-refractivity contribution is 7.87. The molecule has 3 rings (SSSR count). The fourth-order valence-corrected chi connectivity index (χ4v) is 4.07. The van der Waals surface area contributed by atoms with Crippen LogP contribution in [0.5, 0.6) is 28.7 Å². The van der Waals surface area contributed by atoms with E-state index in [-0.39, 0.29) is 11.5 Å². The van der Waals surface area contributed by atoms with Crippen LogP contribution in [0.2, 0.25) is 0 Å². The maximum Gasteiger partial charge on any atom is 0.343 e. The van der Waals surface area contributed by atoms with Gasteiger partial charge in [0.25, 0.3) is 0 Å². The molecule has 3 aromatic carbocycles. The molecule has 0 N–H and O–H groups in total. The number of hydrogen-bond acceptors (Lipinski definition) is 7. The normalized spacial score (nSPS) is 11.6. The summed E-state index contributed by atoms with van der Waals surface area (Å²) in [5.41, 5.74) is 1.78. The average molecular weight is 483 g/mol. The summed E-state index contributed by atoms with van der Waals surface area (Å²) in [4.78, 5) is 12.5. The SMILES string of the molecule is COc1cc(OC)c(/C=C/S(=O)Cc2ccc(OC)c(OC(=O)c3ccccc3)c2)c(OC)c1. The van der Waals surface area contributed by atoms with E-state index in [0.717, 1.165) is 0 Å². The summed E-state index contributed by atoms with van der Waals surface area (Å²) in [5.74, 6) is 2.01. The quantitative estimate of drug-likeness (QED) is 0.302. The van der Waals surface area contributed by atoms with Crippen molar-refractivity contribution in [3.05, 3.63) is 82.8 Å². The molecule has 1 atom stereocenters. The van der Waals surface area contributed by atoms with Crippen molar-refractivity contribution < 1.29 is 32.7 Å². The van der Waals surface area contributed by atoms with Crippen molar-refractivity contribution in [1.82, 2.24) is 0 Å². The van der Waals surface area contributed by atoms with Crippen molar-refractivity contribution in [2.45, 2.75) is 5.75 Å². The van der Waals surface area contributed by atoms with Crippen molar-refractivity contribution >= 4 is 22.8 Å². The van der Waals surface area contributed by atoms with E-state index < -0.39 is 16.8 Å². The first kappa shape index (κ1) is 24.9. The van der Waals surface area contributed by atoms with E-state index in [9.17, 15) is 9.00 Å². The lowest BCUT2D eigenvalue weighted by Crippen LogP contribution is -2.09. The van der Waals surface area contributed by atoms with Crippen LogP contribution in [0.3, 0.4) is 0 Å². The standard InChI is InChI=1S/C26H26O7S/c1-29-20-15-23(31-3)21(24(16-20)32-4)12-13-34(28)17-18-10-11-22(30-2)25(14-18)33-26(27)19-8-6-5-7-9-19/h5-16H,17H2,1-4H3/b13-12+. The topological polar surface area (TPSA) is 80.3 Å². The fraction of sp³-hybridized carbons (Fsp3) is 0.192. The molecule has 0 spiro atoms. The first-order chi connectivity index (χ1) is 16.5. The highest BCUT2D eigenvalue weighted by Gasteiger charge is 2.14. The van der Waals surface area contributed by atoms with Gasteiger partial charge in [-0.2, -0.15) is 0 Å². The zero-order chi connectivity index (χ0) is 24.5. The Morgan fingerprint density at radius 2 is 1.44 bits per heavy atom. The third kappa shape index (κ3) is 6.17. The molecule has 178 valence electrons. The Hall–Kier alpha value is -3.78. The molecule has 8 heteroatoms. The minimum Gasteiger partial charge on any atom is -0.496 e. The summed E-state index contributed by atoms with van der Waals surface area (Å²) in [6.07, 6.45) is 1.69. The van der Waals surface area contributed by atoms with Gasteiger partial charge in [-0.05, 0) is 35.9 Å². The van der Waals surface area contributed by atoms with Gasteiger partial charge in [-0.1, -0.05) is 24.3 Å². The molecule has 0 radical (unpaired) electrons. The van der Waals surface area contributed by atoms with E-state index >= 15 is 0 Å². The number of hydrogen-bond donors (Lipinski definition) is 0. The molecule has 0 aliphatic rings. The van der Waals surface area contributed by atoms with Crippen LogP contribution in [0.1, 0.15) is 21.5 Å². The number of methoxy groups -OCH3 is 4. The van der Waals surface area contributed by atoms with Crippen molar-refractivity contribution in [3.63, 3.8) is 0 Å². The van der Waals surface area contributed by atoms with Crippen molar-refractivity contribution in [1.29, 1.82) is 0 Å². The lowest BCUT2D eigenvalue weighted by Gasteiger charge is -2.12. The Bertz CT molecular complexity index is 1160. The van der Waals surface area contributed by atoms with Gasteiger partial charge in [0.1, 0.15) is 17.2 Å². The van der Waals surface area contributed by atoms with Gasteiger partial charge in [0.15, 0.2) is 11.5 Å². The number of carbonyl (C=O) groups excluding carboxylic acids is 1. The Labute approximate surface area is 201 Å². The van der Waals surface area contributed by atoms with E-state index in [4.69, 9.17) is 23.7 Å². The third-order valence-electron chi connectivity index (χ3n) is 4.89. The number of benzene rings is 3. The fourth-order valence-electron chi connectivity index (χ4n) is 3.18. The Balaban J connectivity index is 1.78. The van der Waals surface area contributed by atoms with E-state index in [1.807, 2.05) is 6.07 Å². The molecule has 0 bridgehead atoms. The van der Waals surface area contributed by atoms with Crippen molar-refractivity contribution in [2.75, 3.05) is 28.4 Å². The van der Waals surface area contributed by atoms with Gasteiger partial charge < -0.3 is 23.7 Å². The smallest absolute Gasteiger partial charge is 0.343 e. The molecule has 0 heterocycles. The Morgan fingerprint density at radius 3 is 2.03 bits per heavy atom. The van der Waals surface area contributed by atoms with Crippen LogP contribution >= 0.6 is 0 Å². The number of ether oxygens (including phenoxy) is 5. The second kappa shape index (κ2) is 11.9. The molecule has 7 nitrogen and oxygen atoms in total. The number of esters is 1. The molecular formula is C26H26O7S. The molecule has 0 aliphatic carbocycles. The van der Waals surface area contributed by atoms with Crippen LogP contribution in [0, 0.1) is 0 Å². The van der Waals surface area contributed by atoms with E-state index in [1.165, 1.54) is 21.3 Å². The van der Waals surface area contributed by atoms with Crippen LogP contribution in [0.4, 0.5) is 0 Å². The molecule has 0 fully saturated rings. The second-order valence-corrected chi connectivity index (χ2v) is 8.34. The Morgan fingerprint density at radius 1 is 0.794 bits per heavy atom. The molecule has 34 heavy (non-hydrogen) atoms. The largest absolute Gasteiger partial charge is 0.496 e. The van der Waals surface area contributed by atoms with Gasteiger partial charge in [-0.25, -0.2) is 4.79 Å². The van der Waals surface area contributed by atoms with Crippen LogP contribution in [0.15, 0.2) is 66.1 Å². The van der Waals surface area contributed by atoms with Gasteiger partial charge in [-0.15, -0.1) is 0 Å². The molecule has 0 saturated carbocycles. The zero-order valence-corrected chi connectivity index (χ0v) is 20.2. The average Bonchev–Trinajstić information content (AvgIpc) is 2.87. The zero-order valence-electron chi connectivity index (χ0n) is 19.4. The summed E-state index contributed by atoms with van der Waals surface area (Å²) in [6.45, 7) is 0. The highest BCUT2D eigenvalue weighted by Crippen LogP contribution is 2.35. The van der Waals surface area contributed by atoms with Crippen LogP contribution in [0.25, 0.3) is 6.08 Å². The van der Waals surface area contributed by atoms with Crippen molar-refractivity contribution in [3.8, 4) is 28.7 Å². The van der Waals surface area contributed by atoms with Crippen molar-refractivity contribution in [2.24, 2.45) is 0 Å². The van der Waals surface area contributed by atoms with Gasteiger partial charge in [-0.3, -0.25) is 4.21 Å². The minimum atomic E-state index is -1.37. The maximum atomic E-state index is 12.8. The van der Waals surface area contributed by atoms with E-state index in [1.54, 1.807) is 73.2 Å². The third-order valence-corrected chi connectivity index (χ3v) is 5.95. The molecule has 0 amide bonds. The predicted molar refractivity (Wildman–Crippen MR) is 131 cm³/mol. The second-order valence-electron chi connectivity index (χ2n) is 7.01. The molecular weight excluding hydrogens is 456 g/mol. The first-order valence-electron chi connectivity index (χ1n) is 10.3. The van der Waals surface area contributed by atoms with Crippen LogP contribution in [-0.4, -0.2) is 38.6 Å². The summed E-state index contributed by atoms with van der Waals surface area (Å²) >= 11 is 0. The summed E-state index contributed by atoms with van der Waals surface area (Å²) in [6, 6.07) is 17.2. The number of carbonyl (C=O) groups is 1. The minimum absolute atomic E-state index is 0.206. The van der Waals surface area contributed by atoms with Crippen LogP contribution < -0.4 is 23.7 Å². The first-order valence-corrected chi connectivity index (χ1v) is 11.7. The van der Waals surface area contributed by atoms with E-state index in [2.05, 4.69) is 0 Å². The Kier molecular flexibility index (Phi) is 8.70. The van der Waals surface area contributed by atoms with Gasteiger partial charge in [0, 0.05) is 17.5 Å².